The fraction of sp³-hybridized carbons (Fsp3) is 0.139. The lowest BCUT2D eigenvalue weighted by Crippen LogP contribution is -2.33. The van der Waals surface area contributed by atoms with Crippen molar-refractivity contribution in [3.05, 3.63) is 152 Å². The molecule has 4 aromatic carbocycles. The highest BCUT2D eigenvalue weighted by Gasteiger charge is 2.22. The summed E-state index contributed by atoms with van der Waals surface area (Å²) in [6, 6.07) is 35.6. The molecule has 1 aliphatic heterocycles. The fourth-order valence-corrected chi connectivity index (χ4v) is 6.50. The van der Waals surface area contributed by atoms with E-state index in [2.05, 4.69) is 58.3 Å². The van der Waals surface area contributed by atoms with Crippen LogP contribution in [0.3, 0.4) is 0 Å². The number of amides is 1. The van der Waals surface area contributed by atoms with Gasteiger partial charge in [-0.05, 0) is 57.5 Å². The molecule has 9 nitrogen and oxygen atoms in total. The van der Waals surface area contributed by atoms with Gasteiger partial charge in [0, 0.05) is 12.1 Å². The van der Waals surface area contributed by atoms with Crippen LogP contribution < -0.4 is 32.4 Å². The minimum absolute atomic E-state index is 0.0839. The van der Waals surface area contributed by atoms with Gasteiger partial charge in [-0.1, -0.05) is 91.9 Å². The van der Waals surface area contributed by atoms with E-state index in [-0.39, 0.29) is 17.6 Å². The van der Waals surface area contributed by atoms with Crippen LogP contribution in [0.25, 0.3) is 22.0 Å². The van der Waals surface area contributed by atoms with Crippen LogP contribution in [0, 0.1) is 0 Å². The summed E-state index contributed by atoms with van der Waals surface area (Å²) in [5.74, 6) is 0.610. The van der Waals surface area contributed by atoms with Crippen molar-refractivity contribution in [3.8, 4) is 11.1 Å². The van der Waals surface area contributed by atoms with Gasteiger partial charge in [0.25, 0.3) is 11.5 Å². The zero-order valence-corrected chi connectivity index (χ0v) is 26.1. The Morgan fingerprint density at radius 2 is 1.63 bits per heavy atom. The van der Waals surface area contributed by atoms with E-state index >= 15 is 0 Å². The normalized spacial score (nSPS) is 13.3. The molecule has 0 unspecified atom stereocenters. The molecule has 4 N–H and O–H groups in total. The molecule has 1 fully saturated rings. The number of thiophene rings is 1. The van der Waals surface area contributed by atoms with Crippen LogP contribution in [-0.2, 0) is 19.5 Å². The predicted octanol–water partition coefficient (Wildman–Crippen LogP) is 5.70. The summed E-state index contributed by atoms with van der Waals surface area (Å²) in [7, 11) is 0. The van der Waals surface area contributed by atoms with Gasteiger partial charge in [0.2, 0.25) is 0 Å². The lowest BCUT2D eigenvalue weighted by Gasteiger charge is -2.23. The number of hydrogen-bond donors (Lipinski definition) is 4. The SMILES string of the molecule is CCc1nc2ccc(N(Cc3ccccc3)C(=O)c3cccs3)cc2c(=O)n1Cc1ccc(-c2ccccc2C2NNNN2)cc1. The topological polar surface area (TPSA) is 103 Å². The highest BCUT2D eigenvalue weighted by Crippen LogP contribution is 2.29. The van der Waals surface area contributed by atoms with Gasteiger partial charge < -0.3 is 4.90 Å². The van der Waals surface area contributed by atoms with Crippen LogP contribution in [0.15, 0.2) is 119 Å². The summed E-state index contributed by atoms with van der Waals surface area (Å²) in [4.78, 5) is 35.1. The molecule has 2 aromatic heterocycles. The number of hydrogen-bond acceptors (Lipinski definition) is 8. The molecule has 230 valence electrons. The average Bonchev–Trinajstić information content (AvgIpc) is 3.85. The molecule has 10 heteroatoms. The number of fused-ring (bicyclic) bond motifs is 1. The van der Waals surface area contributed by atoms with Crippen molar-refractivity contribution in [1.29, 1.82) is 0 Å². The fourth-order valence-electron chi connectivity index (χ4n) is 5.83. The number of nitrogens with zero attached hydrogens (tertiary/aromatic N) is 3. The van der Waals surface area contributed by atoms with E-state index in [1.54, 1.807) is 9.47 Å². The van der Waals surface area contributed by atoms with Gasteiger partial charge >= 0.3 is 0 Å². The molecule has 0 radical (unpaired) electrons. The molecule has 3 heterocycles. The number of carbonyl (C=O) groups excluding carboxylic acids is 1. The summed E-state index contributed by atoms with van der Waals surface area (Å²) in [5, 5.41) is 2.38. The van der Waals surface area contributed by atoms with Crippen molar-refractivity contribution in [3.63, 3.8) is 0 Å². The number of aromatic nitrogens is 2. The number of carbonyl (C=O) groups is 1. The van der Waals surface area contributed by atoms with Crippen molar-refractivity contribution < 1.29 is 4.79 Å². The molecular weight excluding hydrogens is 595 g/mol. The molecule has 7 rings (SSSR count). The maximum absolute atomic E-state index is 14.1. The second kappa shape index (κ2) is 13.2. The molecule has 0 spiro atoms. The Labute approximate surface area is 270 Å². The van der Waals surface area contributed by atoms with Crippen molar-refractivity contribution in [2.24, 2.45) is 0 Å². The van der Waals surface area contributed by atoms with E-state index in [0.717, 1.165) is 27.8 Å². The lowest BCUT2D eigenvalue weighted by molar-refractivity contribution is 0.0989. The first-order valence-corrected chi connectivity index (χ1v) is 16.1. The molecule has 0 bridgehead atoms. The van der Waals surface area contributed by atoms with Gasteiger partial charge in [0.05, 0.1) is 28.9 Å². The Balaban J connectivity index is 1.22. The number of anilines is 1. The molecule has 6 aromatic rings. The summed E-state index contributed by atoms with van der Waals surface area (Å²) in [6.45, 7) is 2.78. The van der Waals surface area contributed by atoms with Crippen LogP contribution in [0.2, 0.25) is 0 Å². The highest BCUT2D eigenvalue weighted by atomic mass is 32.1. The molecule has 0 atom stereocenters. The Hall–Kier alpha value is -4.97. The highest BCUT2D eigenvalue weighted by molar-refractivity contribution is 7.12. The summed E-state index contributed by atoms with van der Waals surface area (Å²) in [5.41, 5.74) is 18.5. The first-order valence-electron chi connectivity index (χ1n) is 15.2. The van der Waals surface area contributed by atoms with E-state index in [9.17, 15) is 9.59 Å². The maximum Gasteiger partial charge on any atom is 0.268 e. The van der Waals surface area contributed by atoms with Gasteiger partial charge in [-0.2, -0.15) is 11.1 Å². The Kier molecular flexibility index (Phi) is 8.51. The molecule has 1 aliphatic rings. The first-order chi connectivity index (χ1) is 22.6. The molecule has 0 saturated carbocycles. The van der Waals surface area contributed by atoms with E-state index < -0.39 is 0 Å². The third-order valence-electron chi connectivity index (χ3n) is 8.18. The maximum atomic E-state index is 14.1. The van der Waals surface area contributed by atoms with Crippen molar-refractivity contribution in [2.75, 3.05) is 4.90 Å². The lowest BCUT2D eigenvalue weighted by atomic mass is 9.97. The van der Waals surface area contributed by atoms with E-state index in [4.69, 9.17) is 4.98 Å². The molecule has 0 aliphatic carbocycles. The molecule has 1 amide bonds. The average molecular weight is 628 g/mol. The number of benzene rings is 4. The number of hydrazine groups is 3. The smallest absolute Gasteiger partial charge is 0.268 e. The standard InChI is InChI=1S/C36H33N7O2S/c1-2-33-37-31-19-18-27(42(22-24-9-4-3-5-10-24)36(45)32-13-8-20-46-32)21-30(31)35(44)43(33)23-25-14-16-26(17-15-25)28-11-6-7-12-29(28)34-38-40-41-39-34/h3-21,34,38-41H,2,22-23H2,1H3. The predicted molar refractivity (Wildman–Crippen MR) is 183 cm³/mol. The third-order valence-corrected chi connectivity index (χ3v) is 9.04. The second-order valence-corrected chi connectivity index (χ2v) is 12.0. The zero-order valence-electron chi connectivity index (χ0n) is 25.2. The Bertz CT molecular complexity index is 2040. The van der Waals surface area contributed by atoms with Crippen LogP contribution in [0.4, 0.5) is 5.69 Å². The summed E-state index contributed by atoms with van der Waals surface area (Å²) in [6.07, 6.45) is 0.526. The quantitative estimate of drug-likeness (QED) is 0.163. The van der Waals surface area contributed by atoms with Crippen LogP contribution in [0.1, 0.15) is 45.3 Å². The summed E-state index contributed by atoms with van der Waals surface area (Å²) < 4.78 is 1.75. The largest absolute Gasteiger partial charge is 0.303 e. The van der Waals surface area contributed by atoms with Crippen LogP contribution in [-0.4, -0.2) is 15.5 Å². The van der Waals surface area contributed by atoms with Gasteiger partial charge in [-0.3, -0.25) is 14.2 Å². The van der Waals surface area contributed by atoms with Crippen LogP contribution in [0.5, 0.6) is 0 Å². The van der Waals surface area contributed by atoms with Gasteiger partial charge in [-0.15, -0.1) is 11.3 Å². The summed E-state index contributed by atoms with van der Waals surface area (Å²) >= 11 is 1.41. The minimum atomic E-state index is -0.125. The van der Waals surface area contributed by atoms with Gasteiger partial charge in [0.15, 0.2) is 0 Å². The second-order valence-electron chi connectivity index (χ2n) is 11.1. The first kappa shape index (κ1) is 29.7. The molecule has 46 heavy (non-hydrogen) atoms. The Morgan fingerprint density at radius 3 is 2.37 bits per heavy atom. The molecule has 1 saturated heterocycles. The number of rotatable bonds is 9. The number of aryl methyl sites for hydroxylation is 1. The monoisotopic (exact) mass is 627 g/mol. The van der Waals surface area contributed by atoms with Crippen molar-refractivity contribution >= 4 is 33.8 Å². The molecular formula is C36H33N7O2S. The van der Waals surface area contributed by atoms with Crippen LogP contribution >= 0.6 is 11.3 Å². The van der Waals surface area contributed by atoms with E-state index in [1.807, 2.05) is 85.1 Å². The van der Waals surface area contributed by atoms with Crippen molar-refractivity contribution in [2.45, 2.75) is 32.6 Å². The van der Waals surface area contributed by atoms with Gasteiger partial charge in [0.1, 0.15) is 12.0 Å². The van der Waals surface area contributed by atoms with Gasteiger partial charge in [-0.25, -0.2) is 15.8 Å². The number of nitrogens with one attached hydrogen (secondary N) is 4. The van der Waals surface area contributed by atoms with E-state index in [1.165, 1.54) is 11.3 Å². The third kappa shape index (κ3) is 6.00. The zero-order chi connectivity index (χ0) is 31.5. The van der Waals surface area contributed by atoms with Crippen molar-refractivity contribution in [1.82, 2.24) is 31.5 Å². The minimum Gasteiger partial charge on any atom is -0.303 e. The van der Waals surface area contributed by atoms with E-state index in [0.29, 0.717) is 46.8 Å². The Morgan fingerprint density at radius 1 is 0.870 bits per heavy atom.